The first-order chi connectivity index (χ1) is 7.74. The second kappa shape index (κ2) is 5.49. The Morgan fingerprint density at radius 2 is 2.06 bits per heavy atom. The largest absolute Gasteiger partial charge is 0.392 e. The van der Waals surface area contributed by atoms with Crippen molar-refractivity contribution in [2.75, 3.05) is 0 Å². The first kappa shape index (κ1) is 14.7. The molecule has 1 aromatic rings. The van der Waals surface area contributed by atoms with Gasteiger partial charge in [0, 0.05) is 5.02 Å². The predicted octanol–water partition coefficient (Wildman–Crippen LogP) is 1.95. The van der Waals surface area contributed by atoms with Crippen LogP contribution in [-0.2, 0) is 10.0 Å². The summed E-state index contributed by atoms with van der Waals surface area (Å²) in [4.78, 5) is -0.0542. The number of hydrogen-bond acceptors (Lipinski definition) is 3. The summed E-state index contributed by atoms with van der Waals surface area (Å²) in [6.45, 7) is 1.54. The number of nitrogens with two attached hydrogens (primary N) is 1. The van der Waals surface area contributed by atoms with E-state index in [0.29, 0.717) is 0 Å². The summed E-state index contributed by atoms with van der Waals surface area (Å²) in [5, 5.41) is 0.356. The van der Waals surface area contributed by atoms with Gasteiger partial charge < -0.3 is 5.73 Å². The van der Waals surface area contributed by atoms with Gasteiger partial charge in [0.25, 0.3) is 0 Å². The zero-order valence-electron chi connectivity index (χ0n) is 8.78. The Hall–Kier alpha value is -0.400. The molecule has 8 heteroatoms. The molecule has 0 aromatic heterocycles. The average molecular weight is 313 g/mol. The molecule has 4 nitrogen and oxygen atoms in total. The van der Waals surface area contributed by atoms with Gasteiger partial charge in [0.1, 0.15) is 4.90 Å². The van der Waals surface area contributed by atoms with E-state index in [-0.39, 0.29) is 19.9 Å². The highest BCUT2D eigenvalue weighted by atomic mass is 35.5. The number of benzene rings is 1. The third-order valence-electron chi connectivity index (χ3n) is 1.94. The molecule has 1 rings (SSSR count). The van der Waals surface area contributed by atoms with Crippen LogP contribution in [0, 0.1) is 0 Å². The highest BCUT2D eigenvalue weighted by molar-refractivity contribution is 7.89. The molecular formula is C9H10Cl2N2O2S2. The fourth-order valence-electron chi connectivity index (χ4n) is 1.04. The minimum atomic E-state index is -3.79. The number of nitrogens with one attached hydrogen (secondary N) is 1. The molecule has 0 fully saturated rings. The third-order valence-corrected chi connectivity index (χ3v) is 4.55. The van der Waals surface area contributed by atoms with E-state index in [9.17, 15) is 8.42 Å². The summed E-state index contributed by atoms with van der Waals surface area (Å²) in [5.41, 5.74) is 5.33. The number of thiocarbonyl (C=S) groups is 1. The Balaban J connectivity index is 3.13. The van der Waals surface area contributed by atoms with E-state index in [1.165, 1.54) is 18.2 Å². The van der Waals surface area contributed by atoms with Crippen molar-refractivity contribution < 1.29 is 8.42 Å². The van der Waals surface area contributed by atoms with Crippen molar-refractivity contribution in [1.29, 1.82) is 0 Å². The first-order valence-corrected chi connectivity index (χ1v) is 7.15. The number of sulfonamides is 1. The van der Waals surface area contributed by atoms with Crippen molar-refractivity contribution in [1.82, 2.24) is 4.72 Å². The molecule has 94 valence electrons. The summed E-state index contributed by atoms with van der Waals surface area (Å²) < 4.78 is 26.2. The minimum Gasteiger partial charge on any atom is -0.392 e. The van der Waals surface area contributed by atoms with Gasteiger partial charge in [0.05, 0.1) is 16.1 Å². The first-order valence-electron chi connectivity index (χ1n) is 4.51. The van der Waals surface area contributed by atoms with Crippen molar-refractivity contribution in [3.8, 4) is 0 Å². The van der Waals surface area contributed by atoms with E-state index in [1.807, 2.05) is 0 Å². The molecule has 3 N–H and O–H groups in total. The highest BCUT2D eigenvalue weighted by Crippen LogP contribution is 2.24. The molecule has 1 atom stereocenters. The quantitative estimate of drug-likeness (QED) is 0.833. The lowest BCUT2D eigenvalue weighted by molar-refractivity contribution is 0.579. The SMILES string of the molecule is CC(NS(=O)(=O)c1cc(Cl)ccc1Cl)C(N)=S. The van der Waals surface area contributed by atoms with Crippen molar-refractivity contribution in [3.05, 3.63) is 28.2 Å². The standard InChI is InChI=1S/C9H10Cl2N2O2S2/c1-5(9(12)16)13-17(14,15)8-4-6(10)2-3-7(8)11/h2-5,13H,1H3,(H2,12,16). The van der Waals surface area contributed by atoms with Gasteiger partial charge in [0.15, 0.2) is 0 Å². The molecule has 0 saturated heterocycles. The molecule has 0 aliphatic heterocycles. The maximum Gasteiger partial charge on any atom is 0.242 e. The van der Waals surface area contributed by atoms with Crippen LogP contribution in [0.25, 0.3) is 0 Å². The van der Waals surface area contributed by atoms with E-state index in [4.69, 9.17) is 28.9 Å². The summed E-state index contributed by atoms with van der Waals surface area (Å²) in [6, 6.07) is 3.51. The summed E-state index contributed by atoms with van der Waals surface area (Å²) >= 11 is 16.2. The maximum atomic E-state index is 12.0. The lowest BCUT2D eigenvalue weighted by atomic mass is 10.4. The van der Waals surface area contributed by atoms with E-state index in [0.717, 1.165) is 0 Å². The Morgan fingerprint density at radius 1 is 1.47 bits per heavy atom. The van der Waals surface area contributed by atoms with Crippen molar-refractivity contribution in [2.24, 2.45) is 5.73 Å². The third kappa shape index (κ3) is 3.79. The number of rotatable bonds is 4. The molecule has 0 saturated carbocycles. The van der Waals surface area contributed by atoms with Gasteiger partial charge in [-0.1, -0.05) is 35.4 Å². The van der Waals surface area contributed by atoms with E-state index < -0.39 is 16.1 Å². The van der Waals surface area contributed by atoms with Crippen LogP contribution >= 0.6 is 35.4 Å². The second-order valence-corrected chi connectivity index (χ2v) is 6.32. The zero-order valence-corrected chi connectivity index (χ0v) is 11.9. The fourth-order valence-corrected chi connectivity index (χ4v) is 3.16. The van der Waals surface area contributed by atoms with Crippen molar-refractivity contribution >= 4 is 50.4 Å². The van der Waals surface area contributed by atoms with E-state index in [1.54, 1.807) is 6.92 Å². The van der Waals surface area contributed by atoms with Crippen molar-refractivity contribution in [3.63, 3.8) is 0 Å². The van der Waals surface area contributed by atoms with Crippen LogP contribution < -0.4 is 10.5 Å². The molecular weight excluding hydrogens is 303 g/mol. The zero-order chi connectivity index (χ0) is 13.2. The summed E-state index contributed by atoms with van der Waals surface area (Å²) in [5.74, 6) is 0. The van der Waals surface area contributed by atoms with Crippen LogP contribution in [0.15, 0.2) is 23.1 Å². The van der Waals surface area contributed by atoms with Gasteiger partial charge in [0.2, 0.25) is 10.0 Å². The normalized spacial score (nSPS) is 13.4. The molecule has 1 unspecified atom stereocenters. The van der Waals surface area contributed by atoms with Gasteiger partial charge in [-0.2, -0.15) is 0 Å². The van der Waals surface area contributed by atoms with Crippen LogP contribution in [0.5, 0.6) is 0 Å². The van der Waals surface area contributed by atoms with Crippen LogP contribution in [-0.4, -0.2) is 19.4 Å². The molecule has 0 aliphatic carbocycles. The fraction of sp³-hybridized carbons (Fsp3) is 0.222. The number of hydrogen-bond donors (Lipinski definition) is 2. The van der Waals surface area contributed by atoms with E-state index >= 15 is 0 Å². The highest BCUT2D eigenvalue weighted by Gasteiger charge is 2.21. The molecule has 17 heavy (non-hydrogen) atoms. The van der Waals surface area contributed by atoms with Gasteiger partial charge in [-0.15, -0.1) is 0 Å². The lowest BCUT2D eigenvalue weighted by Gasteiger charge is -2.13. The predicted molar refractivity (Wildman–Crippen MR) is 73.0 cm³/mol. The summed E-state index contributed by atoms with van der Waals surface area (Å²) in [6.07, 6.45) is 0. The maximum absolute atomic E-state index is 12.0. The lowest BCUT2D eigenvalue weighted by Crippen LogP contribution is -2.41. The number of halogens is 2. The van der Waals surface area contributed by atoms with Gasteiger partial charge in [-0.25, -0.2) is 13.1 Å². The van der Waals surface area contributed by atoms with Crippen LogP contribution in [0.1, 0.15) is 6.92 Å². The summed E-state index contributed by atoms with van der Waals surface area (Å²) in [7, 11) is -3.79. The van der Waals surface area contributed by atoms with Gasteiger partial charge in [-0.05, 0) is 25.1 Å². The van der Waals surface area contributed by atoms with Crippen LogP contribution in [0.4, 0.5) is 0 Å². The Morgan fingerprint density at radius 3 is 2.59 bits per heavy atom. The smallest absolute Gasteiger partial charge is 0.242 e. The molecule has 0 bridgehead atoms. The topological polar surface area (TPSA) is 72.2 Å². The second-order valence-electron chi connectivity index (χ2n) is 3.32. The molecule has 1 aromatic carbocycles. The molecule has 0 amide bonds. The average Bonchev–Trinajstić information content (AvgIpc) is 2.20. The van der Waals surface area contributed by atoms with Crippen LogP contribution in [0.2, 0.25) is 10.0 Å². The Kier molecular flexibility index (Phi) is 4.74. The molecule has 0 spiro atoms. The molecule has 0 radical (unpaired) electrons. The molecule has 0 aliphatic rings. The van der Waals surface area contributed by atoms with E-state index in [2.05, 4.69) is 16.9 Å². The monoisotopic (exact) mass is 312 g/mol. The van der Waals surface area contributed by atoms with Gasteiger partial charge >= 0.3 is 0 Å². The van der Waals surface area contributed by atoms with Gasteiger partial charge in [-0.3, -0.25) is 0 Å². The Bertz CT molecular complexity index is 546. The molecule has 0 heterocycles. The van der Waals surface area contributed by atoms with Crippen LogP contribution in [0.3, 0.4) is 0 Å². The Labute approximate surface area is 115 Å². The van der Waals surface area contributed by atoms with Crippen molar-refractivity contribution in [2.45, 2.75) is 17.9 Å². The minimum absolute atomic E-state index is 0.0479.